The van der Waals surface area contributed by atoms with Crippen LogP contribution in [0.4, 0.5) is 0 Å². The van der Waals surface area contributed by atoms with Crippen LogP contribution in [0.3, 0.4) is 0 Å². The first-order valence-corrected chi connectivity index (χ1v) is 6.78. The molecule has 0 spiro atoms. The Morgan fingerprint density at radius 3 is 2.27 bits per heavy atom. The van der Waals surface area contributed by atoms with Gasteiger partial charge in [-0.25, -0.2) is 0 Å². The van der Waals surface area contributed by atoms with Crippen LogP contribution in [0.25, 0.3) is 0 Å². The van der Waals surface area contributed by atoms with Crippen LogP contribution >= 0.6 is 45.2 Å². The normalized spacial score (nSPS) is 32.2. The van der Waals surface area contributed by atoms with Crippen molar-refractivity contribution in [2.45, 2.75) is 18.6 Å². The summed E-state index contributed by atoms with van der Waals surface area (Å²) in [7, 11) is 0. The van der Waals surface area contributed by atoms with E-state index in [2.05, 4.69) is 45.2 Å². The zero-order chi connectivity index (χ0) is 8.10. The van der Waals surface area contributed by atoms with Gasteiger partial charge in [-0.3, -0.25) is 0 Å². The SMILES string of the molecule is ICCC1OCCOC1CI. The number of hydrogen-bond donors (Lipinski definition) is 0. The Balaban J connectivity index is 2.31. The van der Waals surface area contributed by atoms with Gasteiger partial charge in [-0.15, -0.1) is 0 Å². The zero-order valence-electron chi connectivity index (χ0n) is 6.26. The van der Waals surface area contributed by atoms with Crippen molar-refractivity contribution in [3.05, 3.63) is 0 Å². The first-order chi connectivity index (χ1) is 5.38. The van der Waals surface area contributed by atoms with E-state index in [1.54, 1.807) is 0 Å². The summed E-state index contributed by atoms with van der Waals surface area (Å²) in [5.41, 5.74) is 0. The van der Waals surface area contributed by atoms with Crippen LogP contribution in [0.2, 0.25) is 0 Å². The molecule has 1 aliphatic heterocycles. The molecule has 4 heteroatoms. The maximum Gasteiger partial charge on any atom is 0.0927 e. The second-order valence-corrected chi connectivity index (χ2v) is 4.41. The number of halogens is 2. The van der Waals surface area contributed by atoms with Gasteiger partial charge in [0.1, 0.15) is 0 Å². The van der Waals surface area contributed by atoms with E-state index >= 15 is 0 Å². The van der Waals surface area contributed by atoms with Crippen molar-refractivity contribution in [1.82, 2.24) is 0 Å². The van der Waals surface area contributed by atoms with E-state index in [9.17, 15) is 0 Å². The van der Waals surface area contributed by atoms with Gasteiger partial charge in [0.2, 0.25) is 0 Å². The van der Waals surface area contributed by atoms with Crippen LogP contribution in [0.1, 0.15) is 6.42 Å². The molecule has 0 aromatic heterocycles. The van der Waals surface area contributed by atoms with Crippen LogP contribution in [-0.4, -0.2) is 34.3 Å². The molecule has 0 aromatic carbocycles. The van der Waals surface area contributed by atoms with Crippen LogP contribution in [0.15, 0.2) is 0 Å². The highest BCUT2D eigenvalue weighted by Gasteiger charge is 2.24. The van der Waals surface area contributed by atoms with E-state index in [0.717, 1.165) is 28.5 Å². The van der Waals surface area contributed by atoms with Gasteiger partial charge in [-0.2, -0.15) is 0 Å². The number of alkyl halides is 2. The van der Waals surface area contributed by atoms with Crippen molar-refractivity contribution in [2.24, 2.45) is 0 Å². The Bertz CT molecular complexity index is 109. The van der Waals surface area contributed by atoms with Crippen molar-refractivity contribution in [3.63, 3.8) is 0 Å². The summed E-state index contributed by atoms with van der Waals surface area (Å²) in [6, 6.07) is 0. The fourth-order valence-electron chi connectivity index (χ4n) is 1.13. The average Bonchev–Trinajstić information content (AvgIpc) is 2.06. The molecule has 1 aliphatic rings. The van der Waals surface area contributed by atoms with Crippen molar-refractivity contribution >= 4 is 45.2 Å². The van der Waals surface area contributed by atoms with E-state index in [4.69, 9.17) is 9.47 Å². The summed E-state index contributed by atoms with van der Waals surface area (Å²) < 4.78 is 13.3. The minimum atomic E-state index is 0.333. The minimum Gasteiger partial charge on any atom is -0.373 e. The average molecular weight is 382 g/mol. The van der Waals surface area contributed by atoms with E-state index < -0.39 is 0 Å². The highest BCUT2D eigenvalue weighted by Crippen LogP contribution is 2.16. The molecule has 0 amide bonds. The van der Waals surface area contributed by atoms with E-state index in [-0.39, 0.29) is 0 Å². The minimum absolute atomic E-state index is 0.333. The molecule has 1 fully saturated rings. The molecular formula is C7H12I2O2. The molecule has 0 saturated carbocycles. The first kappa shape index (κ1) is 10.5. The second-order valence-electron chi connectivity index (χ2n) is 2.45. The lowest BCUT2D eigenvalue weighted by Crippen LogP contribution is -2.39. The zero-order valence-corrected chi connectivity index (χ0v) is 10.6. The standard InChI is InChI=1S/C7H12I2O2/c8-2-1-6-7(5-9)11-4-3-10-6/h6-7H,1-5H2. The Labute approximate surface area is 94.7 Å². The summed E-state index contributed by atoms with van der Waals surface area (Å²) in [5.74, 6) is 0. The molecular weight excluding hydrogens is 370 g/mol. The molecule has 0 bridgehead atoms. The highest BCUT2D eigenvalue weighted by atomic mass is 127. The molecule has 2 nitrogen and oxygen atoms in total. The summed E-state index contributed by atoms with van der Waals surface area (Å²) in [6.45, 7) is 1.54. The second kappa shape index (κ2) is 5.93. The molecule has 0 aromatic rings. The molecule has 1 saturated heterocycles. The Kier molecular flexibility index (Phi) is 5.64. The monoisotopic (exact) mass is 382 g/mol. The Morgan fingerprint density at radius 2 is 1.73 bits per heavy atom. The number of hydrogen-bond acceptors (Lipinski definition) is 2. The van der Waals surface area contributed by atoms with Crippen LogP contribution in [0.5, 0.6) is 0 Å². The summed E-state index contributed by atoms with van der Waals surface area (Å²) >= 11 is 4.73. The van der Waals surface area contributed by atoms with Crippen molar-refractivity contribution < 1.29 is 9.47 Å². The third kappa shape index (κ3) is 3.31. The summed E-state index contributed by atoms with van der Waals surface area (Å²) in [4.78, 5) is 0. The molecule has 11 heavy (non-hydrogen) atoms. The number of ether oxygens (including phenoxy) is 2. The van der Waals surface area contributed by atoms with Gasteiger partial charge in [0.05, 0.1) is 25.4 Å². The molecule has 2 atom stereocenters. The van der Waals surface area contributed by atoms with Crippen LogP contribution in [0, 0.1) is 0 Å². The molecule has 0 radical (unpaired) electrons. The predicted molar refractivity (Wildman–Crippen MR) is 61.9 cm³/mol. The fourth-order valence-corrected chi connectivity index (χ4v) is 2.57. The largest absolute Gasteiger partial charge is 0.373 e. The van der Waals surface area contributed by atoms with Crippen molar-refractivity contribution in [1.29, 1.82) is 0 Å². The fraction of sp³-hybridized carbons (Fsp3) is 1.00. The van der Waals surface area contributed by atoms with E-state index in [1.807, 2.05) is 0 Å². The molecule has 0 aliphatic carbocycles. The van der Waals surface area contributed by atoms with Gasteiger partial charge < -0.3 is 9.47 Å². The Morgan fingerprint density at radius 1 is 1.09 bits per heavy atom. The van der Waals surface area contributed by atoms with Gasteiger partial charge >= 0.3 is 0 Å². The molecule has 2 unspecified atom stereocenters. The number of rotatable bonds is 3. The Hall–Kier alpha value is 1.38. The van der Waals surface area contributed by atoms with Gasteiger partial charge in [-0.1, -0.05) is 45.2 Å². The van der Waals surface area contributed by atoms with Gasteiger partial charge in [-0.05, 0) is 6.42 Å². The first-order valence-electron chi connectivity index (χ1n) is 3.73. The lowest BCUT2D eigenvalue weighted by atomic mass is 10.1. The van der Waals surface area contributed by atoms with Gasteiger partial charge in [0.15, 0.2) is 0 Å². The highest BCUT2D eigenvalue weighted by molar-refractivity contribution is 14.1. The topological polar surface area (TPSA) is 18.5 Å². The third-order valence-electron chi connectivity index (χ3n) is 1.71. The van der Waals surface area contributed by atoms with Crippen molar-refractivity contribution in [2.75, 3.05) is 22.1 Å². The lowest BCUT2D eigenvalue weighted by molar-refractivity contribution is -0.129. The molecule has 1 rings (SSSR count). The quantitative estimate of drug-likeness (QED) is 0.550. The molecule has 0 N–H and O–H groups in total. The smallest absolute Gasteiger partial charge is 0.0927 e. The van der Waals surface area contributed by atoms with Crippen LogP contribution < -0.4 is 0 Å². The molecule has 1 heterocycles. The van der Waals surface area contributed by atoms with Gasteiger partial charge in [0.25, 0.3) is 0 Å². The van der Waals surface area contributed by atoms with E-state index in [1.165, 1.54) is 0 Å². The van der Waals surface area contributed by atoms with E-state index in [0.29, 0.717) is 12.2 Å². The van der Waals surface area contributed by atoms with Crippen LogP contribution in [-0.2, 0) is 9.47 Å². The lowest BCUT2D eigenvalue weighted by Gasteiger charge is -2.30. The summed E-state index contributed by atoms with van der Waals surface area (Å²) in [6.07, 6.45) is 1.80. The van der Waals surface area contributed by atoms with Gasteiger partial charge in [0, 0.05) is 8.86 Å². The maximum atomic E-state index is 5.59. The maximum absolute atomic E-state index is 5.59. The predicted octanol–water partition coefficient (Wildman–Crippen LogP) is 2.03. The third-order valence-corrected chi connectivity index (χ3v) is 3.20. The van der Waals surface area contributed by atoms with Crippen molar-refractivity contribution in [3.8, 4) is 0 Å². The summed E-state index contributed by atoms with van der Waals surface area (Å²) in [5, 5.41) is 0. The molecule has 66 valence electrons.